The Labute approximate surface area is 331 Å². The summed E-state index contributed by atoms with van der Waals surface area (Å²) in [7, 11) is 0. The minimum Gasteiger partial charge on any atom is -0.394 e. The molecule has 0 spiro atoms. The zero-order valence-electron chi connectivity index (χ0n) is 35.9. The largest absolute Gasteiger partial charge is 0.394 e. The monoisotopic (exact) mass is 750 g/mol. The van der Waals surface area contributed by atoms with Crippen molar-refractivity contribution < 1.29 is 20.1 Å². The van der Waals surface area contributed by atoms with Gasteiger partial charge in [-0.25, -0.2) is 0 Å². The number of carbonyl (C=O) groups is 1. The summed E-state index contributed by atoms with van der Waals surface area (Å²) in [5.41, 5.74) is 0. The van der Waals surface area contributed by atoms with Gasteiger partial charge in [-0.1, -0.05) is 257 Å². The second-order valence-electron chi connectivity index (χ2n) is 16.7. The number of carbonyl (C=O) groups excluding carboxylic acids is 1. The maximum Gasteiger partial charge on any atom is 0.249 e. The Balaban J connectivity index is 3.58. The van der Waals surface area contributed by atoms with Crippen LogP contribution in [-0.4, -0.2) is 46.1 Å². The molecule has 0 aliphatic heterocycles. The zero-order chi connectivity index (χ0) is 38.7. The third-order valence-corrected chi connectivity index (χ3v) is 11.4. The first-order valence-electron chi connectivity index (χ1n) is 24.0. The van der Waals surface area contributed by atoms with E-state index >= 15 is 0 Å². The molecular weight excluding hydrogens is 655 g/mol. The summed E-state index contributed by atoms with van der Waals surface area (Å²) in [5, 5.41) is 33.2. The van der Waals surface area contributed by atoms with E-state index in [4.69, 9.17) is 0 Å². The molecule has 3 atom stereocenters. The number of hydrogen-bond donors (Lipinski definition) is 4. The Morgan fingerprint density at radius 3 is 1.04 bits per heavy atom. The van der Waals surface area contributed by atoms with Crippen LogP contribution in [-0.2, 0) is 4.79 Å². The molecule has 3 unspecified atom stereocenters. The highest BCUT2D eigenvalue weighted by Crippen LogP contribution is 2.17. The van der Waals surface area contributed by atoms with Crippen molar-refractivity contribution in [3.05, 3.63) is 12.2 Å². The summed E-state index contributed by atoms with van der Waals surface area (Å²) in [6.07, 6.45) is 52.6. The van der Waals surface area contributed by atoms with E-state index in [1.165, 1.54) is 212 Å². The van der Waals surface area contributed by atoms with Crippen LogP contribution in [0.15, 0.2) is 12.2 Å². The fourth-order valence-electron chi connectivity index (χ4n) is 7.60. The molecule has 0 aliphatic carbocycles. The van der Waals surface area contributed by atoms with Crippen molar-refractivity contribution >= 4 is 5.91 Å². The van der Waals surface area contributed by atoms with E-state index in [0.717, 1.165) is 32.1 Å². The van der Waals surface area contributed by atoms with Crippen LogP contribution in [0.4, 0.5) is 0 Å². The molecule has 53 heavy (non-hydrogen) atoms. The van der Waals surface area contributed by atoms with Gasteiger partial charge in [0.2, 0.25) is 5.91 Å². The lowest BCUT2D eigenvalue weighted by Gasteiger charge is -2.21. The molecule has 4 N–H and O–H groups in total. The summed E-state index contributed by atoms with van der Waals surface area (Å²) in [6.45, 7) is 4.20. The maximum atomic E-state index is 12.5. The number of aliphatic hydroxyl groups excluding tert-OH is 3. The van der Waals surface area contributed by atoms with Crippen LogP contribution in [0, 0.1) is 0 Å². The Hall–Kier alpha value is -0.910. The van der Waals surface area contributed by atoms with Crippen LogP contribution >= 0.6 is 0 Å². The molecule has 0 aromatic carbocycles. The van der Waals surface area contributed by atoms with E-state index in [-0.39, 0.29) is 6.61 Å². The minimum atomic E-state index is -1.09. The van der Waals surface area contributed by atoms with Crippen molar-refractivity contribution in [1.82, 2.24) is 5.32 Å². The molecule has 0 aromatic heterocycles. The average molecular weight is 750 g/mol. The topological polar surface area (TPSA) is 89.8 Å². The van der Waals surface area contributed by atoms with Gasteiger partial charge in [0.15, 0.2) is 0 Å². The van der Waals surface area contributed by atoms with E-state index in [1.54, 1.807) is 6.08 Å². The van der Waals surface area contributed by atoms with Crippen LogP contribution in [0.3, 0.4) is 0 Å². The lowest BCUT2D eigenvalue weighted by atomic mass is 10.0. The van der Waals surface area contributed by atoms with E-state index in [9.17, 15) is 20.1 Å². The highest BCUT2D eigenvalue weighted by molar-refractivity contribution is 5.80. The Kier molecular flexibility index (Phi) is 43.1. The van der Waals surface area contributed by atoms with Crippen molar-refractivity contribution in [3.8, 4) is 0 Å². The molecule has 5 nitrogen and oxygen atoms in total. The van der Waals surface area contributed by atoms with Gasteiger partial charge in [-0.2, -0.15) is 0 Å². The zero-order valence-corrected chi connectivity index (χ0v) is 35.9. The third-order valence-electron chi connectivity index (χ3n) is 11.4. The van der Waals surface area contributed by atoms with E-state index < -0.39 is 24.2 Å². The lowest BCUT2D eigenvalue weighted by Crippen LogP contribution is -2.48. The fourth-order valence-corrected chi connectivity index (χ4v) is 7.60. The molecule has 0 radical (unpaired) electrons. The number of allylic oxidation sites excluding steroid dienone is 1. The van der Waals surface area contributed by atoms with Crippen molar-refractivity contribution in [2.45, 2.75) is 283 Å². The first-order chi connectivity index (χ1) is 26.1. The predicted molar refractivity (Wildman–Crippen MR) is 232 cm³/mol. The molecule has 0 saturated heterocycles. The van der Waals surface area contributed by atoms with Crippen LogP contribution in [0.25, 0.3) is 0 Å². The molecule has 0 rings (SSSR count). The van der Waals surface area contributed by atoms with Gasteiger partial charge < -0.3 is 20.6 Å². The fraction of sp³-hybridized carbons (Fsp3) is 0.938. The van der Waals surface area contributed by atoms with Gasteiger partial charge >= 0.3 is 0 Å². The normalized spacial score (nSPS) is 13.5. The molecule has 0 fully saturated rings. The van der Waals surface area contributed by atoms with Crippen molar-refractivity contribution in [3.63, 3.8) is 0 Å². The van der Waals surface area contributed by atoms with Gasteiger partial charge in [0.1, 0.15) is 6.10 Å². The first kappa shape index (κ1) is 52.1. The number of amides is 1. The Morgan fingerprint density at radius 1 is 0.453 bits per heavy atom. The second-order valence-corrected chi connectivity index (χ2v) is 16.7. The Morgan fingerprint density at radius 2 is 0.736 bits per heavy atom. The highest BCUT2D eigenvalue weighted by atomic mass is 16.3. The summed E-state index contributed by atoms with van der Waals surface area (Å²) in [6, 6.07) is -0.792. The summed E-state index contributed by atoms with van der Waals surface area (Å²) < 4.78 is 0. The van der Waals surface area contributed by atoms with E-state index in [2.05, 4.69) is 19.2 Å². The van der Waals surface area contributed by atoms with E-state index in [0.29, 0.717) is 6.42 Å². The minimum absolute atomic E-state index is 0.359. The van der Waals surface area contributed by atoms with Crippen molar-refractivity contribution in [1.29, 1.82) is 0 Å². The van der Waals surface area contributed by atoms with Gasteiger partial charge in [-0.15, -0.1) is 0 Å². The van der Waals surface area contributed by atoms with Crippen LogP contribution in [0.1, 0.15) is 264 Å². The van der Waals surface area contributed by atoms with Crippen LogP contribution in [0.2, 0.25) is 0 Å². The summed E-state index contributed by atoms with van der Waals surface area (Å²) in [4.78, 5) is 12.5. The van der Waals surface area contributed by atoms with Gasteiger partial charge in [-0.05, 0) is 19.3 Å². The third kappa shape index (κ3) is 39.1. The number of nitrogens with one attached hydrogen (secondary N) is 1. The van der Waals surface area contributed by atoms with E-state index in [1.807, 2.05) is 6.08 Å². The quantitative estimate of drug-likeness (QED) is 0.0369. The Bertz CT molecular complexity index is 743. The van der Waals surface area contributed by atoms with Crippen LogP contribution < -0.4 is 5.32 Å². The molecule has 0 aromatic rings. The number of unbranched alkanes of at least 4 members (excludes halogenated alkanes) is 36. The highest BCUT2D eigenvalue weighted by Gasteiger charge is 2.22. The predicted octanol–water partition coefficient (Wildman–Crippen LogP) is 14.0. The molecular formula is C48H95NO4. The van der Waals surface area contributed by atoms with Gasteiger partial charge in [0.05, 0.1) is 18.8 Å². The SMILES string of the molecule is CCCCCCCCCCCCCCCCCCCCCCCCC/C=C/C(O)C(CO)NC(=O)C(O)CCCCCCCCCCCCCCCC. The molecule has 0 bridgehead atoms. The first-order valence-corrected chi connectivity index (χ1v) is 24.0. The van der Waals surface area contributed by atoms with Crippen molar-refractivity contribution in [2.75, 3.05) is 6.61 Å². The summed E-state index contributed by atoms with van der Waals surface area (Å²) in [5.74, 6) is -0.499. The standard InChI is InChI=1S/C48H95NO4/c1-3-5-7-9-11-13-15-17-19-20-21-22-23-24-25-26-27-28-29-31-32-34-36-38-40-42-46(51)45(44-50)49-48(53)47(52)43-41-39-37-35-33-30-18-16-14-12-10-8-6-4-2/h40,42,45-47,50-52H,3-39,41,43-44H2,1-2H3,(H,49,53)/b42-40+. The van der Waals surface area contributed by atoms with Crippen LogP contribution in [0.5, 0.6) is 0 Å². The number of hydrogen-bond acceptors (Lipinski definition) is 4. The van der Waals surface area contributed by atoms with Gasteiger partial charge in [0.25, 0.3) is 0 Å². The molecule has 316 valence electrons. The molecule has 1 amide bonds. The maximum absolute atomic E-state index is 12.5. The number of rotatable bonds is 44. The van der Waals surface area contributed by atoms with Gasteiger partial charge in [-0.3, -0.25) is 4.79 Å². The number of aliphatic hydroxyl groups is 3. The molecule has 0 saturated carbocycles. The molecule has 0 heterocycles. The lowest BCUT2D eigenvalue weighted by molar-refractivity contribution is -0.131. The second kappa shape index (κ2) is 43.8. The van der Waals surface area contributed by atoms with Gasteiger partial charge in [0, 0.05) is 0 Å². The van der Waals surface area contributed by atoms with Crippen molar-refractivity contribution in [2.24, 2.45) is 0 Å². The molecule has 5 heteroatoms. The smallest absolute Gasteiger partial charge is 0.249 e. The average Bonchev–Trinajstić information content (AvgIpc) is 3.16. The summed E-state index contributed by atoms with van der Waals surface area (Å²) >= 11 is 0. The molecule has 0 aliphatic rings.